The third kappa shape index (κ3) is 5.77. The second-order valence-corrected chi connectivity index (χ2v) is 14.2. The van der Waals surface area contributed by atoms with Crippen LogP contribution >= 0.6 is 23.4 Å². The molecule has 4 heterocycles. The number of amides is 1. The number of halogens is 1. The molecule has 1 aromatic carbocycles. The Bertz CT molecular complexity index is 1260. The van der Waals surface area contributed by atoms with E-state index in [2.05, 4.69) is 46.2 Å². The Morgan fingerprint density at radius 1 is 1.26 bits per heavy atom. The zero-order chi connectivity index (χ0) is 29.4. The van der Waals surface area contributed by atoms with Crippen molar-refractivity contribution < 1.29 is 14.3 Å². The number of likely N-dealkylation sites (N-methyl/N-ethyl adjacent to an activating group) is 1. The number of rotatable bonds is 6. The lowest BCUT2D eigenvalue weighted by molar-refractivity contribution is -0.144. The molecular formula is C31H41ClN6O3S. The third-order valence-electron chi connectivity index (χ3n) is 10.1. The van der Waals surface area contributed by atoms with Gasteiger partial charge in [0.05, 0.1) is 42.1 Å². The maximum atomic E-state index is 14.5. The van der Waals surface area contributed by atoms with Gasteiger partial charge in [0.25, 0.3) is 0 Å². The van der Waals surface area contributed by atoms with Crippen molar-refractivity contribution >= 4 is 35.1 Å². The molecule has 4 aliphatic heterocycles. The number of ether oxygens (including phenoxy) is 1. The fourth-order valence-electron chi connectivity index (χ4n) is 7.68. The van der Waals surface area contributed by atoms with Crippen LogP contribution in [0.5, 0.6) is 0 Å². The van der Waals surface area contributed by atoms with Crippen LogP contribution in [0.15, 0.2) is 30.9 Å². The number of ketones is 1. The van der Waals surface area contributed by atoms with Gasteiger partial charge < -0.3 is 14.5 Å². The van der Waals surface area contributed by atoms with Gasteiger partial charge in [-0.25, -0.2) is 0 Å². The maximum Gasteiger partial charge on any atom is 0.246 e. The number of benzene rings is 1. The molecule has 7 atom stereocenters. The number of carbonyl (C=O) groups excluding carboxylic acids is 2. The van der Waals surface area contributed by atoms with Crippen molar-refractivity contribution in [2.75, 3.05) is 39.8 Å². The van der Waals surface area contributed by atoms with Gasteiger partial charge in [0.1, 0.15) is 0 Å². The van der Waals surface area contributed by atoms with E-state index in [1.165, 1.54) is 23.6 Å². The summed E-state index contributed by atoms with van der Waals surface area (Å²) in [4.78, 5) is 33.5. The van der Waals surface area contributed by atoms with Crippen LogP contribution in [0, 0.1) is 17.2 Å². The molecule has 0 radical (unpaired) electrons. The van der Waals surface area contributed by atoms with Gasteiger partial charge in [0.15, 0.2) is 12.1 Å². The molecule has 0 aromatic heterocycles. The smallest absolute Gasteiger partial charge is 0.246 e. The second kappa shape index (κ2) is 12.6. The first-order valence-corrected chi connectivity index (χ1v) is 16.5. The van der Waals surface area contributed by atoms with E-state index in [1.54, 1.807) is 16.7 Å². The number of likely N-dealkylation sites (tertiary alicyclic amines) is 1. The average molecular weight is 613 g/mol. The molecule has 1 aromatic rings. The van der Waals surface area contributed by atoms with Crippen LogP contribution in [0.2, 0.25) is 5.02 Å². The van der Waals surface area contributed by atoms with Crippen molar-refractivity contribution in [3.05, 3.63) is 47.0 Å². The van der Waals surface area contributed by atoms with Gasteiger partial charge in [0, 0.05) is 42.4 Å². The van der Waals surface area contributed by atoms with E-state index in [4.69, 9.17) is 16.3 Å². The van der Waals surface area contributed by atoms with Crippen LogP contribution in [0.3, 0.4) is 0 Å². The molecule has 6 unspecified atom stereocenters. The van der Waals surface area contributed by atoms with E-state index in [-0.39, 0.29) is 42.3 Å². The van der Waals surface area contributed by atoms with Crippen LogP contribution in [-0.4, -0.2) is 102 Å². The van der Waals surface area contributed by atoms with Crippen LogP contribution in [0.4, 0.5) is 0 Å². The lowest BCUT2D eigenvalue weighted by atomic mass is 9.71. The van der Waals surface area contributed by atoms with Crippen molar-refractivity contribution in [3.63, 3.8) is 0 Å². The van der Waals surface area contributed by atoms with Crippen LogP contribution < -0.4 is 10.6 Å². The monoisotopic (exact) mass is 612 g/mol. The summed E-state index contributed by atoms with van der Waals surface area (Å²) in [6, 6.07) is 8.10. The number of fused-ring (bicyclic) bond motifs is 2. The van der Waals surface area contributed by atoms with Gasteiger partial charge in [-0.15, -0.1) is 11.8 Å². The Morgan fingerprint density at radius 3 is 2.88 bits per heavy atom. The molecule has 0 bridgehead atoms. The molecule has 3 saturated heterocycles. The Hall–Kier alpha value is -1.97. The van der Waals surface area contributed by atoms with E-state index in [0.717, 1.165) is 43.0 Å². The number of nitrogens with one attached hydrogen (secondary N) is 2. The molecule has 5 aliphatic rings. The standard InChI is InChI=1S/C31H41ClN6O3S/c1-3-26(39)38-14-13-37(17-23(38)9-11-33)29-25-8-10-31(16-20-6-7-22(32)15-21(20)19-42-31)28(40)27(25)34-30(35-29)41-18-24-5-4-12-36(24)2/h3,6-7,15,23-25,27,29-30,34-35H,1,4-5,8-10,12-14,16-19H2,2H3/t23?,24?,25?,27?,29?,30?,31-/m0/s1. The number of carbonyl (C=O) groups is 2. The summed E-state index contributed by atoms with van der Waals surface area (Å²) < 4.78 is 5.99. The number of hydrogen-bond donors (Lipinski definition) is 2. The van der Waals surface area contributed by atoms with E-state index < -0.39 is 11.1 Å². The highest BCUT2D eigenvalue weighted by Gasteiger charge is 2.55. The summed E-state index contributed by atoms with van der Waals surface area (Å²) >= 11 is 8.04. The number of hydrogen-bond acceptors (Lipinski definition) is 9. The van der Waals surface area contributed by atoms with Crippen LogP contribution in [0.1, 0.15) is 43.2 Å². The van der Waals surface area contributed by atoms with Gasteiger partial charge in [-0.05, 0) is 75.0 Å². The first-order valence-electron chi connectivity index (χ1n) is 15.2. The van der Waals surface area contributed by atoms with E-state index >= 15 is 0 Å². The number of nitriles is 1. The summed E-state index contributed by atoms with van der Waals surface area (Å²) in [6.07, 6.45) is 5.71. The minimum atomic E-state index is -0.467. The average Bonchev–Trinajstić information content (AvgIpc) is 3.42. The van der Waals surface area contributed by atoms with Crippen LogP contribution in [0.25, 0.3) is 0 Å². The minimum Gasteiger partial charge on any atom is -0.348 e. The first-order chi connectivity index (χ1) is 20.3. The number of piperazine rings is 1. The second-order valence-electron chi connectivity index (χ2n) is 12.4. The van der Waals surface area contributed by atoms with Gasteiger partial charge in [0.2, 0.25) is 5.91 Å². The van der Waals surface area contributed by atoms with E-state index in [9.17, 15) is 14.9 Å². The zero-order valence-electron chi connectivity index (χ0n) is 24.3. The van der Waals surface area contributed by atoms with Crippen molar-refractivity contribution in [2.45, 2.75) is 79.7 Å². The summed E-state index contributed by atoms with van der Waals surface area (Å²) in [7, 11) is 2.14. The van der Waals surface area contributed by atoms with Crippen molar-refractivity contribution in [2.24, 2.45) is 5.92 Å². The number of nitrogens with zero attached hydrogens (tertiary/aromatic N) is 4. The molecular weight excluding hydrogens is 572 g/mol. The largest absolute Gasteiger partial charge is 0.348 e. The molecule has 4 fully saturated rings. The zero-order valence-corrected chi connectivity index (χ0v) is 25.8. The summed E-state index contributed by atoms with van der Waals surface area (Å²) in [5.41, 5.74) is 2.44. The maximum absolute atomic E-state index is 14.5. The number of Topliss-reactive ketones (excluding diaryl/α,β-unsaturated/α-hetero) is 1. The molecule has 226 valence electrons. The van der Waals surface area contributed by atoms with Gasteiger partial charge >= 0.3 is 0 Å². The van der Waals surface area contributed by atoms with E-state index in [1.807, 2.05) is 12.1 Å². The van der Waals surface area contributed by atoms with Gasteiger partial charge in [-0.2, -0.15) is 5.26 Å². The fraction of sp³-hybridized carbons (Fsp3) is 0.645. The highest BCUT2D eigenvalue weighted by Crippen LogP contribution is 2.49. The first kappa shape index (κ1) is 30.1. The molecule has 1 amide bonds. The molecule has 6 rings (SSSR count). The molecule has 2 N–H and O–H groups in total. The number of thioether (sulfide) groups is 1. The summed E-state index contributed by atoms with van der Waals surface area (Å²) in [5.74, 6) is 0.952. The molecule has 11 heteroatoms. The molecule has 42 heavy (non-hydrogen) atoms. The fourth-order valence-corrected chi connectivity index (χ4v) is 9.36. The summed E-state index contributed by atoms with van der Waals surface area (Å²) in [5, 5.41) is 17.6. The van der Waals surface area contributed by atoms with Crippen molar-refractivity contribution in [1.29, 1.82) is 5.26 Å². The lowest BCUT2D eigenvalue weighted by Gasteiger charge is -2.55. The topological polar surface area (TPSA) is 101 Å². The van der Waals surface area contributed by atoms with Gasteiger partial charge in [-0.3, -0.25) is 25.1 Å². The van der Waals surface area contributed by atoms with Gasteiger partial charge in [-0.1, -0.05) is 24.2 Å². The predicted molar refractivity (Wildman–Crippen MR) is 164 cm³/mol. The predicted octanol–water partition coefficient (Wildman–Crippen LogP) is 2.74. The Kier molecular flexibility index (Phi) is 9.00. The molecule has 1 spiro atoms. The quantitative estimate of drug-likeness (QED) is 0.470. The highest BCUT2D eigenvalue weighted by molar-refractivity contribution is 8.00. The molecule has 1 saturated carbocycles. The SMILES string of the molecule is C=CC(=O)N1CCN(C2NC(OCC3CCCN3C)NC3C(=O)[C@]4(CCC32)Cc2ccc(Cl)cc2CS4)CC1CC#N. The van der Waals surface area contributed by atoms with E-state index in [0.29, 0.717) is 32.3 Å². The van der Waals surface area contributed by atoms with Crippen molar-refractivity contribution in [1.82, 2.24) is 25.3 Å². The van der Waals surface area contributed by atoms with Crippen LogP contribution in [-0.2, 0) is 26.5 Å². The Morgan fingerprint density at radius 2 is 2.12 bits per heavy atom. The molecule has 9 nitrogen and oxygen atoms in total. The Balaban J connectivity index is 1.24. The highest BCUT2D eigenvalue weighted by atomic mass is 35.5. The Labute approximate surface area is 257 Å². The normalized spacial score (nSPS) is 35.5. The lowest BCUT2D eigenvalue weighted by Crippen LogP contribution is -2.75. The molecule has 1 aliphatic carbocycles. The van der Waals surface area contributed by atoms with Crippen molar-refractivity contribution in [3.8, 4) is 6.07 Å². The summed E-state index contributed by atoms with van der Waals surface area (Å²) in [6.45, 7) is 7.06. The minimum absolute atomic E-state index is 0.0498. The third-order valence-corrected chi connectivity index (χ3v) is 11.9.